The molecule has 0 spiro atoms. The first-order chi connectivity index (χ1) is 13.0. The molecule has 7 heteroatoms. The minimum Gasteiger partial charge on any atom is -0.356 e. The van der Waals surface area contributed by atoms with Gasteiger partial charge in [0, 0.05) is 23.7 Å². The number of anilines is 2. The van der Waals surface area contributed by atoms with Gasteiger partial charge < -0.3 is 10.2 Å². The van der Waals surface area contributed by atoms with E-state index in [2.05, 4.69) is 27.1 Å². The molecule has 4 rings (SSSR count). The Morgan fingerprint density at radius 1 is 1.30 bits per heavy atom. The molecule has 27 heavy (non-hydrogen) atoms. The fourth-order valence-corrected chi connectivity index (χ4v) is 4.63. The minimum absolute atomic E-state index is 0.216. The number of benzene rings is 1. The lowest BCUT2D eigenvalue weighted by molar-refractivity contribution is 0.102. The van der Waals surface area contributed by atoms with Crippen LogP contribution in [0.4, 0.5) is 15.9 Å². The number of aryl methyl sites for hydroxylation is 1. The maximum atomic E-state index is 13.1. The average molecular weight is 384 g/mol. The Hall–Kier alpha value is -2.54. The summed E-state index contributed by atoms with van der Waals surface area (Å²) in [5.74, 6) is 0.881. The second kappa shape index (κ2) is 7.23. The van der Waals surface area contributed by atoms with E-state index in [9.17, 15) is 9.18 Å². The molecule has 1 saturated heterocycles. The molecule has 0 unspecified atom stereocenters. The Kier molecular flexibility index (Phi) is 4.78. The van der Waals surface area contributed by atoms with Gasteiger partial charge in [0.15, 0.2) is 0 Å². The van der Waals surface area contributed by atoms with E-state index in [0.29, 0.717) is 17.2 Å². The van der Waals surface area contributed by atoms with Crippen LogP contribution in [-0.2, 0) is 0 Å². The lowest BCUT2D eigenvalue weighted by Gasteiger charge is -2.32. The smallest absolute Gasteiger partial charge is 0.257 e. The normalized spacial score (nSPS) is 17.3. The number of nitrogens with one attached hydrogen (secondary N) is 1. The van der Waals surface area contributed by atoms with Crippen LogP contribution < -0.4 is 10.2 Å². The molecule has 1 fully saturated rings. The van der Waals surface area contributed by atoms with Crippen molar-refractivity contribution in [2.24, 2.45) is 5.92 Å². The van der Waals surface area contributed by atoms with Gasteiger partial charge in [-0.1, -0.05) is 6.92 Å². The molecule has 3 aromatic rings. The average Bonchev–Trinajstić information content (AvgIpc) is 2.99. The molecule has 0 saturated carbocycles. The molecular weight excluding hydrogens is 363 g/mol. The molecule has 1 aliphatic heterocycles. The number of fused-ring (bicyclic) bond motifs is 1. The summed E-state index contributed by atoms with van der Waals surface area (Å²) in [6.07, 6.45) is 3.91. The van der Waals surface area contributed by atoms with E-state index >= 15 is 0 Å². The van der Waals surface area contributed by atoms with E-state index in [0.717, 1.165) is 40.4 Å². The number of rotatable bonds is 3. The zero-order chi connectivity index (χ0) is 19.0. The topological polar surface area (TPSA) is 58.1 Å². The molecule has 0 bridgehead atoms. The molecule has 3 heterocycles. The second-order valence-corrected chi connectivity index (χ2v) is 8.27. The second-order valence-electron chi connectivity index (χ2n) is 7.07. The monoisotopic (exact) mass is 384 g/mol. The third kappa shape index (κ3) is 3.51. The SMILES string of the molecule is Cc1sc2ncnc(N3CCC[C@H](C)C3)c2c1C(=O)Nc1ccc(F)cc1. The zero-order valence-electron chi connectivity index (χ0n) is 15.3. The van der Waals surface area contributed by atoms with Gasteiger partial charge in [-0.2, -0.15) is 0 Å². The van der Waals surface area contributed by atoms with Crippen molar-refractivity contribution in [1.29, 1.82) is 0 Å². The van der Waals surface area contributed by atoms with Crippen LogP contribution in [0, 0.1) is 18.7 Å². The molecule has 5 nitrogen and oxygen atoms in total. The van der Waals surface area contributed by atoms with Gasteiger partial charge in [0.2, 0.25) is 0 Å². The minimum atomic E-state index is -0.333. The summed E-state index contributed by atoms with van der Waals surface area (Å²) in [6.45, 7) is 6.03. The van der Waals surface area contributed by atoms with Gasteiger partial charge in [-0.05, 0) is 49.9 Å². The standard InChI is InChI=1S/C20H21FN4OS/c1-12-4-3-9-25(10-12)18-17-16(13(2)27-20(17)23-11-22-18)19(26)24-15-7-5-14(21)6-8-15/h5-8,11-12H,3-4,9-10H2,1-2H3,(H,24,26)/t12-/m0/s1. The van der Waals surface area contributed by atoms with Gasteiger partial charge in [0.1, 0.15) is 22.8 Å². The van der Waals surface area contributed by atoms with Crippen LogP contribution in [0.2, 0.25) is 0 Å². The Morgan fingerprint density at radius 3 is 2.81 bits per heavy atom. The van der Waals surface area contributed by atoms with E-state index in [4.69, 9.17) is 0 Å². The van der Waals surface area contributed by atoms with E-state index < -0.39 is 0 Å². The lowest BCUT2D eigenvalue weighted by Crippen LogP contribution is -2.35. The summed E-state index contributed by atoms with van der Waals surface area (Å²) in [5, 5.41) is 3.68. The Morgan fingerprint density at radius 2 is 2.07 bits per heavy atom. The fraction of sp³-hybridized carbons (Fsp3) is 0.350. The van der Waals surface area contributed by atoms with Gasteiger partial charge in [-0.25, -0.2) is 14.4 Å². The lowest BCUT2D eigenvalue weighted by atomic mass is 10.00. The van der Waals surface area contributed by atoms with Gasteiger partial charge in [0.25, 0.3) is 5.91 Å². The summed E-state index contributed by atoms with van der Waals surface area (Å²) < 4.78 is 13.1. The molecule has 1 amide bonds. The van der Waals surface area contributed by atoms with Crippen LogP contribution in [0.25, 0.3) is 10.2 Å². The Labute approximate surface area is 161 Å². The van der Waals surface area contributed by atoms with Crippen LogP contribution in [0.3, 0.4) is 0 Å². The number of halogens is 1. The number of hydrogen-bond donors (Lipinski definition) is 1. The summed E-state index contributed by atoms with van der Waals surface area (Å²) in [4.78, 5) is 25.9. The Balaban J connectivity index is 1.74. The number of carbonyl (C=O) groups excluding carboxylic acids is 1. The van der Waals surface area contributed by atoms with Crippen molar-refractivity contribution < 1.29 is 9.18 Å². The van der Waals surface area contributed by atoms with Crippen molar-refractivity contribution in [2.45, 2.75) is 26.7 Å². The highest BCUT2D eigenvalue weighted by Gasteiger charge is 2.25. The number of hydrogen-bond acceptors (Lipinski definition) is 5. The number of aromatic nitrogens is 2. The number of piperidine rings is 1. The van der Waals surface area contributed by atoms with Gasteiger partial charge in [-0.3, -0.25) is 4.79 Å². The maximum absolute atomic E-state index is 13.1. The van der Waals surface area contributed by atoms with Crippen molar-refractivity contribution in [3.8, 4) is 0 Å². The first kappa shape index (κ1) is 17.9. The van der Waals surface area contributed by atoms with E-state index in [1.54, 1.807) is 18.5 Å². The molecule has 1 N–H and O–H groups in total. The first-order valence-corrected chi connectivity index (χ1v) is 9.90. The molecule has 0 radical (unpaired) electrons. The van der Waals surface area contributed by atoms with Crippen molar-refractivity contribution >= 4 is 39.0 Å². The highest BCUT2D eigenvalue weighted by Crippen LogP contribution is 2.36. The number of thiophene rings is 1. The van der Waals surface area contributed by atoms with Crippen LogP contribution in [0.1, 0.15) is 35.0 Å². The van der Waals surface area contributed by atoms with E-state index in [1.807, 2.05) is 6.92 Å². The van der Waals surface area contributed by atoms with Crippen molar-refractivity contribution in [1.82, 2.24) is 9.97 Å². The molecule has 0 aliphatic carbocycles. The maximum Gasteiger partial charge on any atom is 0.257 e. The van der Waals surface area contributed by atoms with Gasteiger partial charge >= 0.3 is 0 Å². The molecule has 1 atom stereocenters. The number of carbonyl (C=O) groups is 1. The first-order valence-electron chi connectivity index (χ1n) is 9.09. The third-order valence-electron chi connectivity index (χ3n) is 4.93. The van der Waals surface area contributed by atoms with E-state index in [1.165, 1.54) is 29.9 Å². The van der Waals surface area contributed by atoms with Crippen LogP contribution in [0.15, 0.2) is 30.6 Å². The van der Waals surface area contributed by atoms with E-state index in [-0.39, 0.29) is 11.7 Å². The molecular formula is C20H21FN4OS. The number of amides is 1. The summed E-state index contributed by atoms with van der Waals surface area (Å²) in [7, 11) is 0. The Bertz CT molecular complexity index is 986. The van der Waals surface area contributed by atoms with Gasteiger partial charge in [-0.15, -0.1) is 11.3 Å². The quantitative estimate of drug-likeness (QED) is 0.715. The number of nitrogens with zero attached hydrogens (tertiary/aromatic N) is 3. The summed E-state index contributed by atoms with van der Waals surface area (Å²) >= 11 is 1.50. The molecule has 1 aromatic carbocycles. The fourth-order valence-electron chi connectivity index (χ4n) is 3.65. The van der Waals surface area contributed by atoms with Crippen LogP contribution in [-0.4, -0.2) is 29.0 Å². The van der Waals surface area contributed by atoms with Crippen molar-refractivity contribution in [3.05, 3.63) is 46.9 Å². The highest BCUT2D eigenvalue weighted by molar-refractivity contribution is 7.19. The summed E-state index contributed by atoms with van der Waals surface area (Å²) in [6, 6.07) is 5.78. The largest absolute Gasteiger partial charge is 0.356 e. The third-order valence-corrected chi connectivity index (χ3v) is 5.94. The van der Waals surface area contributed by atoms with Crippen LogP contribution in [0.5, 0.6) is 0 Å². The zero-order valence-corrected chi connectivity index (χ0v) is 16.1. The van der Waals surface area contributed by atoms with Crippen LogP contribution >= 0.6 is 11.3 Å². The molecule has 2 aromatic heterocycles. The molecule has 140 valence electrons. The predicted octanol–water partition coefficient (Wildman–Crippen LogP) is 4.63. The highest BCUT2D eigenvalue weighted by atomic mass is 32.1. The predicted molar refractivity (Wildman–Crippen MR) is 107 cm³/mol. The van der Waals surface area contributed by atoms with Crippen molar-refractivity contribution in [3.63, 3.8) is 0 Å². The molecule has 1 aliphatic rings. The summed E-state index contributed by atoms with van der Waals surface area (Å²) in [5.41, 5.74) is 1.17. The van der Waals surface area contributed by atoms with Crippen molar-refractivity contribution in [2.75, 3.05) is 23.3 Å². The van der Waals surface area contributed by atoms with Gasteiger partial charge in [0.05, 0.1) is 10.9 Å².